The van der Waals surface area contributed by atoms with Crippen molar-refractivity contribution in [2.75, 3.05) is 5.32 Å². The van der Waals surface area contributed by atoms with Crippen LogP contribution in [-0.2, 0) is 24.4 Å². The van der Waals surface area contributed by atoms with Crippen molar-refractivity contribution < 1.29 is 9.59 Å². The summed E-state index contributed by atoms with van der Waals surface area (Å²) >= 11 is 12.8. The van der Waals surface area contributed by atoms with Gasteiger partial charge in [0.1, 0.15) is 6.54 Å². The van der Waals surface area contributed by atoms with Crippen LogP contribution in [0.25, 0.3) is 11.3 Å². The number of aryl methyl sites for hydroxylation is 1. The van der Waals surface area contributed by atoms with Gasteiger partial charge in [-0.3, -0.25) is 9.59 Å². The molecule has 0 aliphatic rings. The smallest absolute Gasteiger partial charge is 0.251 e. The number of amides is 2. The van der Waals surface area contributed by atoms with Crippen molar-refractivity contribution in [3.05, 3.63) is 80.7 Å². The minimum atomic E-state index is -0.297. The van der Waals surface area contributed by atoms with Crippen molar-refractivity contribution in [1.82, 2.24) is 24.6 Å². The van der Waals surface area contributed by atoms with E-state index in [1.807, 2.05) is 49.6 Å². The van der Waals surface area contributed by atoms with Crippen LogP contribution in [0, 0.1) is 11.7 Å². The molecular weight excluding hydrogens is 504 g/mol. The van der Waals surface area contributed by atoms with E-state index in [1.54, 1.807) is 22.8 Å². The Morgan fingerprint density at radius 2 is 1.89 bits per heavy atom. The van der Waals surface area contributed by atoms with E-state index in [2.05, 4.69) is 20.7 Å². The number of benzene rings is 2. The van der Waals surface area contributed by atoms with Gasteiger partial charge in [0.2, 0.25) is 5.91 Å². The van der Waals surface area contributed by atoms with Gasteiger partial charge >= 0.3 is 0 Å². The minimum Gasteiger partial charge on any atom is -0.345 e. The SMILES string of the molecule is CCn1c(CNC(=O)c2ccccc2C)nn(CC(=O)Nc2nc(-c3ccc(Cl)cc3)cs2)c1=S. The molecule has 8 nitrogen and oxygen atoms in total. The number of nitrogens with zero attached hydrogens (tertiary/aromatic N) is 4. The van der Waals surface area contributed by atoms with Crippen LogP contribution < -0.4 is 10.6 Å². The Bertz CT molecular complexity index is 1420. The van der Waals surface area contributed by atoms with Crippen molar-refractivity contribution in [3.8, 4) is 11.3 Å². The van der Waals surface area contributed by atoms with Gasteiger partial charge in [-0.2, -0.15) is 5.10 Å². The maximum absolute atomic E-state index is 12.7. The molecule has 0 bridgehead atoms. The van der Waals surface area contributed by atoms with Gasteiger partial charge in [0, 0.05) is 28.1 Å². The highest BCUT2D eigenvalue weighted by Crippen LogP contribution is 2.26. The van der Waals surface area contributed by atoms with Crippen molar-refractivity contribution in [2.24, 2.45) is 0 Å². The van der Waals surface area contributed by atoms with Crippen LogP contribution in [0.5, 0.6) is 0 Å². The minimum absolute atomic E-state index is 0.0690. The number of nitrogens with one attached hydrogen (secondary N) is 2. The van der Waals surface area contributed by atoms with Gasteiger partial charge in [0.25, 0.3) is 5.91 Å². The van der Waals surface area contributed by atoms with Gasteiger partial charge in [-0.05, 0) is 49.8 Å². The Hall–Kier alpha value is -3.34. The van der Waals surface area contributed by atoms with E-state index >= 15 is 0 Å². The Balaban J connectivity index is 1.42. The lowest BCUT2D eigenvalue weighted by molar-refractivity contribution is -0.116. The monoisotopic (exact) mass is 526 g/mol. The second-order valence-corrected chi connectivity index (χ2v) is 9.35. The van der Waals surface area contributed by atoms with E-state index in [0.29, 0.717) is 32.9 Å². The summed E-state index contributed by atoms with van der Waals surface area (Å²) < 4.78 is 3.66. The van der Waals surface area contributed by atoms with E-state index in [1.165, 1.54) is 16.0 Å². The fraction of sp³-hybridized carbons (Fsp3) is 0.208. The topological polar surface area (TPSA) is 93.8 Å². The first-order chi connectivity index (χ1) is 16.9. The van der Waals surface area contributed by atoms with Crippen molar-refractivity contribution >= 4 is 52.1 Å². The molecule has 4 rings (SSSR count). The highest BCUT2D eigenvalue weighted by molar-refractivity contribution is 7.71. The molecule has 0 aliphatic heterocycles. The predicted molar refractivity (Wildman–Crippen MR) is 140 cm³/mol. The molecule has 180 valence electrons. The van der Waals surface area contributed by atoms with Crippen LogP contribution in [0.4, 0.5) is 5.13 Å². The summed E-state index contributed by atoms with van der Waals surface area (Å²) in [6.45, 7) is 4.50. The molecule has 0 radical (unpaired) electrons. The zero-order valence-electron chi connectivity index (χ0n) is 19.1. The zero-order chi connectivity index (χ0) is 24.9. The fourth-order valence-corrected chi connectivity index (χ4v) is 4.70. The number of carbonyl (C=O) groups excluding carboxylic acids is 2. The molecule has 0 spiro atoms. The molecule has 0 unspecified atom stereocenters. The van der Waals surface area contributed by atoms with Gasteiger partial charge in [-0.15, -0.1) is 11.3 Å². The van der Waals surface area contributed by atoms with E-state index < -0.39 is 0 Å². The Labute approximate surface area is 216 Å². The molecule has 2 aromatic carbocycles. The number of hydrogen-bond donors (Lipinski definition) is 2. The summed E-state index contributed by atoms with van der Waals surface area (Å²) in [5, 5.41) is 13.2. The fourth-order valence-electron chi connectivity index (χ4n) is 3.50. The van der Waals surface area contributed by atoms with Crippen molar-refractivity contribution in [3.63, 3.8) is 0 Å². The highest BCUT2D eigenvalue weighted by atomic mass is 35.5. The lowest BCUT2D eigenvalue weighted by Crippen LogP contribution is -2.25. The van der Waals surface area contributed by atoms with Crippen molar-refractivity contribution in [2.45, 2.75) is 33.5 Å². The lowest BCUT2D eigenvalue weighted by atomic mass is 10.1. The van der Waals surface area contributed by atoms with E-state index in [-0.39, 0.29) is 24.9 Å². The first-order valence-electron chi connectivity index (χ1n) is 10.9. The molecular formula is C24H23ClN6O2S2. The summed E-state index contributed by atoms with van der Waals surface area (Å²) in [6.07, 6.45) is 0. The third-order valence-corrected chi connectivity index (χ3v) is 6.74. The van der Waals surface area contributed by atoms with Gasteiger partial charge in [-0.1, -0.05) is 41.9 Å². The predicted octanol–water partition coefficient (Wildman–Crippen LogP) is 5.09. The summed E-state index contributed by atoms with van der Waals surface area (Å²) in [4.78, 5) is 29.7. The third-order valence-electron chi connectivity index (χ3n) is 5.30. The molecule has 2 aromatic heterocycles. The quantitative estimate of drug-likeness (QED) is 0.312. The number of halogens is 1. The molecule has 2 N–H and O–H groups in total. The van der Waals surface area contributed by atoms with Crippen LogP contribution in [0.2, 0.25) is 5.02 Å². The van der Waals surface area contributed by atoms with Gasteiger partial charge in [0.05, 0.1) is 12.2 Å². The largest absolute Gasteiger partial charge is 0.345 e. The number of aromatic nitrogens is 4. The molecule has 0 saturated heterocycles. The summed E-state index contributed by atoms with van der Waals surface area (Å²) in [6, 6.07) is 14.7. The van der Waals surface area contributed by atoms with Crippen LogP contribution in [0.1, 0.15) is 28.7 Å². The Morgan fingerprint density at radius 3 is 2.60 bits per heavy atom. The molecule has 0 saturated carbocycles. The average molecular weight is 527 g/mol. The first kappa shape index (κ1) is 24.8. The summed E-state index contributed by atoms with van der Waals surface area (Å²) in [7, 11) is 0. The third kappa shape index (κ3) is 5.84. The van der Waals surface area contributed by atoms with E-state index in [4.69, 9.17) is 23.8 Å². The lowest BCUT2D eigenvalue weighted by Gasteiger charge is -2.07. The zero-order valence-corrected chi connectivity index (χ0v) is 21.5. The molecule has 2 amide bonds. The van der Waals surface area contributed by atoms with Crippen LogP contribution >= 0.6 is 35.2 Å². The molecule has 2 heterocycles. The number of hydrogen-bond acceptors (Lipinski definition) is 6. The highest BCUT2D eigenvalue weighted by Gasteiger charge is 2.16. The normalized spacial score (nSPS) is 10.8. The Morgan fingerprint density at radius 1 is 1.14 bits per heavy atom. The van der Waals surface area contributed by atoms with Gasteiger partial charge in [0.15, 0.2) is 15.7 Å². The van der Waals surface area contributed by atoms with Crippen LogP contribution in [-0.4, -0.2) is 31.1 Å². The van der Waals surface area contributed by atoms with Crippen LogP contribution in [0.15, 0.2) is 53.9 Å². The number of thiazole rings is 1. The van der Waals surface area contributed by atoms with Gasteiger partial charge in [-0.25, -0.2) is 9.67 Å². The van der Waals surface area contributed by atoms with E-state index in [0.717, 1.165) is 16.8 Å². The first-order valence-corrected chi connectivity index (χ1v) is 12.5. The van der Waals surface area contributed by atoms with E-state index in [9.17, 15) is 9.59 Å². The molecule has 4 aromatic rings. The summed E-state index contributed by atoms with van der Waals surface area (Å²) in [5.74, 6) is 0.0880. The molecule has 0 aliphatic carbocycles. The second-order valence-electron chi connectivity index (χ2n) is 7.69. The molecule has 0 atom stereocenters. The van der Waals surface area contributed by atoms with Crippen LogP contribution in [0.3, 0.4) is 0 Å². The second kappa shape index (κ2) is 10.9. The summed E-state index contributed by atoms with van der Waals surface area (Å²) in [5.41, 5.74) is 3.16. The van der Waals surface area contributed by atoms with Crippen molar-refractivity contribution in [1.29, 1.82) is 0 Å². The maximum atomic E-state index is 12.7. The standard InChI is InChI=1S/C24H23ClN6O2S2/c1-3-30-20(12-26-22(33)18-7-5-4-6-15(18)2)29-31(24(30)34)13-21(32)28-23-27-19(14-35-23)16-8-10-17(25)11-9-16/h4-11,14H,3,12-13H2,1-2H3,(H,26,33)(H,27,28,32). The number of rotatable bonds is 8. The Kier molecular flexibility index (Phi) is 7.74. The maximum Gasteiger partial charge on any atom is 0.251 e. The molecule has 11 heteroatoms. The number of anilines is 1. The van der Waals surface area contributed by atoms with Gasteiger partial charge < -0.3 is 15.2 Å². The molecule has 35 heavy (non-hydrogen) atoms. The average Bonchev–Trinajstić information content (AvgIpc) is 3.42. The number of carbonyl (C=O) groups is 2. The molecule has 0 fully saturated rings.